The number of rotatable bonds is 2. The summed E-state index contributed by atoms with van der Waals surface area (Å²) in [7, 11) is 2.13. The molecule has 0 aliphatic heterocycles. The van der Waals surface area contributed by atoms with Crippen LogP contribution in [0.15, 0.2) is 108 Å². The summed E-state index contributed by atoms with van der Waals surface area (Å²) in [6.07, 6.45) is 2.18. The molecular formula is C33H23N2OSe+. The van der Waals surface area contributed by atoms with Crippen molar-refractivity contribution in [2.24, 2.45) is 7.05 Å². The summed E-state index contributed by atoms with van der Waals surface area (Å²) in [4.78, 5) is 0. The van der Waals surface area contributed by atoms with Gasteiger partial charge in [0.25, 0.3) is 0 Å². The van der Waals surface area contributed by atoms with Gasteiger partial charge in [0.1, 0.15) is 0 Å². The van der Waals surface area contributed by atoms with Gasteiger partial charge in [0.05, 0.1) is 0 Å². The number of nitrogens with zero attached hydrogens (tertiary/aromatic N) is 2. The van der Waals surface area contributed by atoms with Crippen molar-refractivity contribution in [1.82, 2.24) is 4.57 Å². The zero-order valence-corrected chi connectivity index (χ0v) is 22.2. The van der Waals surface area contributed by atoms with Crippen LogP contribution in [0.1, 0.15) is 5.56 Å². The second kappa shape index (κ2) is 7.69. The van der Waals surface area contributed by atoms with Crippen LogP contribution in [0.3, 0.4) is 0 Å². The van der Waals surface area contributed by atoms with Gasteiger partial charge in [-0.05, 0) is 0 Å². The Morgan fingerprint density at radius 3 is 2.00 bits per heavy atom. The quantitative estimate of drug-likeness (QED) is 0.162. The number of hydrogen-bond acceptors (Lipinski definition) is 1. The van der Waals surface area contributed by atoms with Crippen LogP contribution in [0.5, 0.6) is 0 Å². The Balaban J connectivity index is 1.49. The standard InChI is InChI=1S/C33H23N2OSe/c1-20-21-10-5-8-17-29(21)37-33(20)30-32-25(18-19-34(30)2)24-13-9-16-28(31(24)36-32)35-26-14-6-3-11-22(26)23-12-4-7-15-27(23)35/h3-19H,1-2H3/q+1. The van der Waals surface area contributed by atoms with Crippen molar-refractivity contribution < 1.29 is 8.98 Å². The summed E-state index contributed by atoms with van der Waals surface area (Å²) in [5, 5.41) is 6.20. The van der Waals surface area contributed by atoms with Gasteiger partial charge >= 0.3 is 220 Å². The molecule has 0 amide bonds. The maximum absolute atomic E-state index is 6.91. The number of furan rings is 1. The molecule has 8 aromatic rings. The fourth-order valence-electron chi connectivity index (χ4n) is 5.91. The Morgan fingerprint density at radius 2 is 1.27 bits per heavy atom. The van der Waals surface area contributed by atoms with Crippen molar-refractivity contribution in [1.29, 1.82) is 0 Å². The monoisotopic (exact) mass is 543 g/mol. The van der Waals surface area contributed by atoms with Crippen LogP contribution in [0.25, 0.3) is 69.2 Å². The molecule has 0 bridgehead atoms. The molecule has 4 aromatic heterocycles. The van der Waals surface area contributed by atoms with Crippen LogP contribution in [0.2, 0.25) is 0 Å². The van der Waals surface area contributed by atoms with E-state index in [1.807, 2.05) is 0 Å². The van der Waals surface area contributed by atoms with Gasteiger partial charge in [0, 0.05) is 0 Å². The first-order valence-corrected chi connectivity index (χ1v) is 14.2. The van der Waals surface area contributed by atoms with Gasteiger partial charge in [0.15, 0.2) is 0 Å². The average Bonchev–Trinajstić information content (AvgIpc) is 3.58. The zero-order valence-electron chi connectivity index (χ0n) is 20.5. The van der Waals surface area contributed by atoms with E-state index >= 15 is 0 Å². The van der Waals surface area contributed by atoms with Gasteiger partial charge in [-0.1, -0.05) is 0 Å². The van der Waals surface area contributed by atoms with Gasteiger partial charge in [-0.3, -0.25) is 0 Å². The fraction of sp³-hybridized carbons (Fsp3) is 0.0606. The summed E-state index contributed by atoms with van der Waals surface area (Å²) < 4.78 is 14.3. The Labute approximate surface area is 219 Å². The minimum atomic E-state index is 0.237. The first-order valence-electron chi connectivity index (χ1n) is 12.5. The van der Waals surface area contributed by atoms with Gasteiger partial charge < -0.3 is 0 Å². The molecule has 0 unspecified atom stereocenters. The SMILES string of the molecule is Cc1c(-c2c3oc4c(-n5c6ccccc6c6ccccc65)cccc4c3cc[n+]2C)[se]c2ccccc12. The van der Waals surface area contributed by atoms with E-state index in [1.54, 1.807) is 0 Å². The molecule has 0 radical (unpaired) electrons. The predicted octanol–water partition coefficient (Wildman–Crippen LogP) is 7.69. The summed E-state index contributed by atoms with van der Waals surface area (Å²) in [6.45, 7) is 2.26. The molecule has 0 N–H and O–H groups in total. The number of para-hydroxylation sites is 3. The van der Waals surface area contributed by atoms with Crippen molar-refractivity contribution in [2.45, 2.75) is 6.92 Å². The topological polar surface area (TPSA) is 21.9 Å². The third-order valence-electron chi connectivity index (χ3n) is 7.65. The molecule has 0 aliphatic rings. The van der Waals surface area contributed by atoms with E-state index < -0.39 is 0 Å². The van der Waals surface area contributed by atoms with Gasteiger partial charge in [-0.25, -0.2) is 0 Å². The van der Waals surface area contributed by atoms with E-state index in [4.69, 9.17) is 4.42 Å². The van der Waals surface area contributed by atoms with Crippen molar-refractivity contribution >= 4 is 67.9 Å². The molecule has 3 nitrogen and oxygen atoms in total. The summed E-state index contributed by atoms with van der Waals surface area (Å²) >= 11 is 0.237. The molecule has 4 aromatic carbocycles. The number of fused-ring (bicyclic) bond motifs is 7. The second-order valence-electron chi connectivity index (χ2n) is 9.70. The fourth-order valence-corrected chi connectivity index (χ4v) is 8.62. The van der Waals surface area contributed by atoms with Gasteiger partial charge in [-0.2, -0.15) is 0 Å². The predicted molar refractivity (Wildman–Crippen MR) is 154 cm³/mol. The number of aryl methyl sites for hydroxylation is 2. The average molecular weight is 543 g/mol. The van der Waals surface area contributed by atoms with E-state index in [-0.39, 0.29) is 14.5 Å². The van der Waals surface area contributed by atoms with Crippen LogP contribution < -0.4 is 4.57 Å². The molecule has 0 spiro atoms. The number of aromatic nitrogens is 2. The normalized spacial score (nSPS) is 12.1. The molecule has 4 heterocycles. The number of benzene rings is 4. The molecule has 0 saturated carbocycles. The summed E-state index contributed by atoms with van der Waals surface area (Å²) in [5.74, 6) is 0. The third-order valence-corrected chi connectivity index (χ3v) is 10.3. The van der Waals surface area contributed by atoms with E-state index in [1.165, 1.54) is 47.1 Å². The zero-order chi connectivity index (χ0) is 24.7. The van der Waals surface area contributed by atoms with Gasteiger partial charge in [0.2, 0.25) is 0 Å². The van der Waals surface area contributed by atoms with E-state index in [9.17, 15) is 0 Å². The van der Waals surface area contributed by atoms with Crippen LogP contribution >= 0.6 is 0 Å². The van der Waals surface area contributed by atoms with Crippen molar-refractivity contribution in [3.63, 3.8) is 0 Å². The number of pyridine rings is 1. The molecule has 37 heavy (non-hydrogen) atoms. The van der Waals surface area contributed by atoms with Crippen LogP contribution in [-0.2, 0) is 7.05 Å². The summed E-state index contributed by atoms with van der Waals surface area (Å²) in [6, 6.07) is 34.8. The first-order chi connectivity index (χ1) is 18.2. The molecule has 0 saturated heterocycles. The maximum atomic E-state index is 6.91. The Hall–Kier alpha value is -4.11. The van der Waals surface area contributed by atoms with Crippen molar-refractivity contribution in [3.8, 4) is 15.8 Å². The summed E-state index contributed by atoms with van der Waals surface area (Å²) in [5.41, 5.74) is 7.91. The first kappa shape index (κ1) is 21.0. The van der Waals surface area contributed by atoms with E-state index in [0.29, 0.717) is 0 Å². The molecular weight excluding hydrogens is 519 g/mol. The Bertz CT molecular complexity index is 2120. The van der Waals surface area contributed by atoms with Crippen LogP contribution in [0, 0.1) is 6.92 Å². The minimum absolute atomic E-state index is 0.237. The molecule has 176 valence electrons. The van der Waals surface area contributed by atoms with Crippen molar-refractivity contribution in [2.75, 3.05) is 0 Å². The number of hydrogen-bond donors (Lipinski definition) is 0. The Kier molecular flexibility index (Phi) is 4.37. The van der Waals surface area contributed by atoms with E-state index in [2.05, 4.69) is 126 Å². The second-order valence-corrected chi connectivity index (χ2v) is 11.9. The van der Waals surface area contributed by atoms with Gasteiger partial charge in [-0.15, -0.1) is 0 Å². The molecule has 8 rings (SSSR count). The molecule has 0 aliphatic carbocycles. The molecule has 0 fully saturated rings. The van der Waals surface area contributed by atoms with E-state index in [0.717, 1.165) is 27.6 Å². The Morgan fingerprint density at radius 1 is 0.649 bits per heavy atom. The van der Waals surface area contributed by atoms with Crippen molar-refractivity contribution in [3.05, 3.63) is 109 Å². The third kappa shape index (κ3) is 2.86. The molecule has 4 heteroatoms. The van der Waals surface area contributed by atoms with Crippen LogP contribution in [0.4, 0.5) is 0 Å². The van der Waals surface area contributed by atoms with Crippen LogP contribution in [-0.4, -0.2) is 19.1 Å². The molecule has 0 atom stereocenters.